The lowest BCUT2D eigenvalue weighted by Gasteiger charge is -2.28. The van der Waals surface area contributed by atoms with Crippen LogP contribution in [0.15, 0.2) is 6.07 Å². The van der Waals surface area contributed by atoms with Crippen molar-refractivity contribution < 1.29 is 8.78 Å². The van der Waals surface area contributed by atoms with Gasteiger partial charge in [-0.1, -0.05) is 12.8 Å². The van der Waals surface area contributed by atoms with Crippen LogP contribution in [0.3, 0.4) is 0 Å². The summed E-state index contributed by atoms with van der Waals surface area (Å²) in [7, 11) is 1.58. The summed E-state index contributed by atoms with van der Waals surface area (Å²) in [5, 5.41) is 2.65. The molecule has 1 saturated heterocycles. The van der Waals surface area contributed by atoms with Gasteiger partial charge in [0.1, 0.15) is 0 Å². The van der Waals surface area contributed by atoms with Crippen LogP contribution in [0.5, 0.6) is 0 Å². The number of hydrogen-bond donors (Lipinski definition) is 1. The maximum Gasteiger partial charge on any atom is 0.168 e. The molecule has 0 bridgehead atoms. The van der Waals surface area contributed by atoms with Crippen LogP contribution in [0.1, 0.15) is 32.6 Å². The quantitative estimate of drug-likeness (QED) is 0.879. The van der Waals surface area contributed by atoms with Gasteiger partial charge in [-0.05, 0) is 19.8 Å². The molecule has 1 aliphatic heterocycles. The Balaban J connectivity index is 2.36. The summed E-state index contributed by atoms with van der Waals surface area (Å²) in [6.07, 6.45) is 4.35. The first-order valence-corrected chi connectivity index (χ1v) is 6.44. The highest BCUT2D eigenvalue weighted by Gasteiger charge is 2.23. The molecule has 0 spiro atoms. The molecule has 1 aromatic heterocycles. The summed E-state index contributed by atoms with van der Waals surface area (Å²) in [4.78, 5) is 6.02. The molecule has 1 N–H and O–H groups in total. The zero-order valence-electron chi connectivity index (χ0n) is 10.8. The van der Waals surface area contributed by atoms with Gasteiger partial charge in [0.15, 0.2) is 23.3 Å². The van der Waals surface area contributed by atoms with E-state index in [-0.39, 0.29) is 17.7 Å². The second kappa shape index (κ2) is 5.50. The van der Waals surface area contributed by atoms with Crippen molar-refractivity contribution in [3.8, 4) is 0 Å². The number of pyridine rings is 1. The molecule has 0 aromatic carbocycles. The Morgan fingerprint density at radius 3 is 2.78 bits per heavy atom. The van der Waals surface area contributed by atoms with Crippen molar-refractivity contribution in [2.45, 2.75) is 38.6 Å². The van der Waals surface area contributed by atoms with E-state index in [1.165, 1.54) is 0 Å². The minimum atomic E-state index is -0.652. The van der Waals surface area contributed by atoms with Crippen molar-refractivity contribution in [2.75, 3.05) is 23.8 Å². The van der Waals surface area contributed by atoms with Gasteiger partial charge < -0.3 is 10.2 Å². The van der Waals surface area contributed by atoms with Crippen LogP contribution in [0.2, 0.25) is 0 Å². The minimum Gasteiger partial charge on any atom is -0.371 e. The molecule has 0 radical (unpaired) electrons. The van der Waals surface area contributed by atoms with Crippen LogP contribution in [0.4, 0.5) is 20.4 Å². The minimum absolute atomic E-state index is 0.0999. The van der Waals surface area contributed by atoms with E-state index >= 15 is 0 Å². The number of nitrogens with one attached hydrogen (secondary N) is 1. The topological polar surface area (TPSA) is 28.2 Å². The Morgan fingerprint density at radius 1 is 1.28 bits per heavy atom. The molecule has 2 heterocycles. The van der Waals surface area contributed by atoms with Gasteiger partial charge in [-0.2, -0.15) is 0 Å². The zero-order chi connectivity index (χ0) is 13.1. The fraction of sp³-hybridized carbons (Fsp3) is 0.615. The number of nitrogens with zero attached hydrogens (tertiary/aromatic N) is 2. The van der Waals surface area contributed by atoms with Crippen molar-refractivity contribution >= 4 is 11.6 Å². The van der Waals surface area contributed by atoms with E-state index in [0.717, 1.165) is 38.3 Å². The van der Waals surface area contributed by atoms with Gasteiger partial charge in [0.2, 0.25) is 0 Å². The fourth-order valence-corrected chi connectivity index (χ4v) is 2.42. The van der Waals surface area contributed by atoms with Crippen molar-refractivity contribution in [3.63, 3.8) is 0 Å². The van der Waals surface area contributed by atoms with Gasteiger partial charge >= 0.3 is 0 Å². The summed E-state index contributed by atoms with van der Waals surface area (Å²) < 4.78 is 27.3. The van der Waals surface area contributed by atoms with Crippen molar-refractivity contribution in [2.24, 2.45) is 0 Å². The molecule has 5 heteroatoms. The third kappa shape index (κ3) is 2.54. The van der Waals surface area contributed by atoms with Crippen LogP contribution in [-0.2, 0) is 0 Å². The zero-order valence-corrected chi connectivity index (χ0v) is 10.8. The van der Waals surface area contributed by atoms with Gasteiger partial charge in [0.05, 0.1) is 0 Å². The molecule has 18 heavy (non-hydrogen) atoms. The van der Waals surface area contributed by atoms with Crippen LogP contribution < -0.4 is 10.2 Å². The van der Waals surface area contributed by atoms with E-state index in [0.29, 0.717) is 0 Å². The molecule has 1 aliphatic rings. The van der Waals surface area contributed by atoms with Crippen LogP contribution in [0.25, 0.3) is 0 Å². The van der Waals surface area contributed by atoms with Gasteiger partial charge in [-0.25, -0.2) is 13.8 Å². The van der Waals surface area contributed by atoms with E-state index in [1.807, 2.05) is 4.90 Å². The second-order valence-corrected chi connectivity index (χ2v) is 4.77. The molecule has 1 unspecified atom stereocenters. The average Bonchev–Trinajstić information content (AvgIpc) is 2.55. The molecule has 0 amide bonds. The monoisotopic (exact) mass is 255 g/mol. The molecule has 100 valence electrons. The second-order valence-electron chi connectivity index (χ2n) is 4.77. The Hall–Kier alpha value is -1.39. The molecule has 3 nitrogen and oxygen atoms in total. The molecule has 1 atom stereocenters. The Kier molecular flexibility index (Phi) is 3.99. The van der Waals surface area contributed by atoms with E-state index in [9.17, 15) is 8.78 Å². The smallest absolute Gasteiger partial charge is 0.168 e. The first-order chi connectivity index (χ1) is 8.63. The van der Waals surface area contributed by atoms with Crippen molar-refractivity contribution in [3.05, 3.63) is 17.7 Å². The highest BCUT2D eigenvalue weighted by molar-refractivity contribution is 5.49. The first kappa shape index (κ1) is 13.1. The molecule has 0 aliphatic carbocycles. The largest absolute Gasteiger partial charge is 0.371 e. The van der Waals surface area contributed by atoms with Gasteiger partial charge in [0, 0.05) is 25.7 Å². The number of hydrogen-bond acceptors (Lipinski definition) is 3. The lowest BCUT2D eigenvalue weighted by Crippen LogP contribution is -2.34. The molecule has 1 aromatic rings. The number of rotatable bonds is 2. The summed E-state index contributed by atoms with van der Waals surface area (Å²) in [6.45, 7) is 2.84. The van der Waals surface area contributed by atoms with Crippen LogP contribution >= 0.6 is 0 Å². The summed E-state index contributed by atoms with van der Waals surface area (Å²) in [5.74, 6) is -0.875. The number of anilines is 2. The third-order valence-corrected chi connectivity index (χ3v) is 3.47. The van der Waals surface area contributed by atoms with Crippen LogP contribution in [-0.4, -0.2) is 24.6 Å². The Labute approximate surface area is 106 Å². The summed E-state index contributed by atoms with van der Waals surface area (Å²) in [5.41, 5.74) is 0. The maximum absolute atomic E-state index is 13.9. The first-order valence-electron chi connectivity index (χ1n) is 6.44. The molecule has 1 fully saturated rings. The van der Waals surface area contributed by atoms with Gasteiger partial charge in [-0.15, -0.1) is 0 Å². The Morgan fingerprint density at radius 2 is 2.06 bits per heavy atom. The van der Waals surface area contributed by atoms with E-state index in [2.05, 4.69) is 17.2 Å². The maximum atomic E-state index is 13.9. The normalized spacial score (nSPS) is 20.7. The van der Waals surface area contributed by atoms with E-state index < -0.39 is 11.6 Å². The lowest BCUT2D eigenvalue weighted by molar-refractivity contribution is 0.551. The van der Waals surface area contributed by atoms with E-state index in [4.69, 9.17) is 0 Å². The highest BCUT2D eigenvalue weighted by atomic mass is 19.1. The fourth-order valence-electron chi connectivity index (χ4n) is 2.42. The number of aromatic nitrogens is 1. The van der Waals surface area contributed by atoms with E-state index in [1.54, 1.807) is 7.05 Å². The molecule has 2 rings (SSSR count). The van der Waals surface area contributed by atoms with Crippen molar-refractivity contribution in [1.29, 1.82) is 0 Å². The van der Waals surface area contributed by atoms with Gasteiger partial charge in [0.25, 0.3) is 0 Å². The molecular formula is C13H19F2N3. The number of halogens is 2. The SMILES string of the molecule is CNc1nc(N2CCCCCC2C)c(F)cc1F. The summed E-state index contributed by atoms with van der Waals surface area (Å²) in [6, 6.07) is 1.15. The predicted octanol–water partition coefficient (Wildman–Crippen LogP) is 3.17. The standard InChI is InChI=1S/C13H19F2N3/c1-9-6-4-3-5-7-18(9)13-11(15)8-10(14)12(16-2)17-13/h8-9H,3-7H2,1-2H3,(H,16,17). The lowest BCUT2D eigenvalue weighted by atomic mass is 10.1. The van der Waals surface area contributed by atoms with Crippen molar-refractivity contribution in [1.82, 2.24) is 4.98 Å². The molecular weight excluding hydrogens is 236 g/mol. The molecule has 0 saturated carbocycles. The average molecular weight is 255 g/mol. The summed E-state index contributed by atoms with van der Waals surface area (Å²) >= 11 is 0. The third-order valence-electron chi connectivity index (χ3n) is 3.47. The predicted molar refractivity (Wildman–Crippen MR) is 69.0 cm³/mol. The highest BCUT2D eigenvalue weighted by Crippen LogP contribution is 2.27. The Bertz CT molecular complexity index is 423. The van der Waals surface area contributed by atoms with Crippen LogP contribution in [0, 0.1) is 11.6 Å². The van der Waals surface area contributed by atoms with Gasteiger partial charge in [-0.3, -0.25) is 0 Å².